The Morgan fingerprint density at radius 1 is 0.857 bits per heavy atom. The number of nitrogens with zero attached hydrogens (tertiary/aromatic N) is 3. The molecule has 0 radical (unpaired) electrons. The number of likely N-dealkylation sites (tertiary alicyclic amines) is 2. The zero-order valence-electron chi connectivity index (χ0n) is 27.1. The molecule has 0 unspecified atom stereocenters. The average Bonchev–Trinajstić information content (AvgIpc) is 3.89. The van der Waals surface area contributed by atoms with Gasteiger partial charge in [0.05, 0.1) is 18.7 Å². The van der Waals surface area contributed by atoms with Gasteiger partial charge in [-0.2, -0.15) is 0 Å². The monoisotopic (exact) mass is 700 g/mol. The maximum Gasteiger partial charge on any atom is 0.265 e. The van der Waals surface area contributed by atoms with E-state index in [4.69, 9.17) is 16.3 Å². The summed E-state index contributed by atoms with van der Waals surface area (Å²) in [4.78, 5) is 42.0. The highest BCUT2D eigenvalue weighted by atomic mass is 35.5. The van der Waals surface area contributed by atoms with E-state index < -0.39 is 15.9 Å². The second-order valence-corrected chi connectivity index (χ2v) is 14.2. The highest BCUT2D eigenvalue weighted by Gasteiger charge is 2.23. The molecule has 2 saturated heterocycles. The van der Waals surface area contributed by atoms with Crippen LogP contribution >= 0.6 is 11.6 Å². The maximum absolute atomic E-state index is 13.0. The molecule has 1 N–H and O–H groups in total. The second kappa shape index (κ2) is 14.7. The normalized spacial score (nSPS) is 15.1. The summed E-state index contributed by atoms with van der Waals surface area (Å²) in [6.45, 7) is 3.41. The van der Waals surface area contributed by atoms with Crippen LogP contribution in [0.4, 0.5) is 0 Å². The van der Waals surface area contributed by atoms with Crippen LogP contribution in [0.5, 0.6) is 5.75 Å². The van der Waals surface area contributed by atoms with Crippen molar-refractivity contribution in [1.29, 1.82) is 0 Å². The number of benzene rings is 3. The third-order valence-corrected chi connectivity index (χ3v) is 10.7. The Kier molecular flexibility index (Phi) is 10.2. The van der Waals surface area contributed by atoms with E-state index in [1.165, 1.54) is 37.4 Å². The molecule has 2 aliphatic rings. The molecular formula is C37H37ClN4O6S. The van der Waals surface area contributed by atoms with Crippen molar-refractivity contribution in [1.82, 2.24) is 19.1 Å². The fourth-order valence-electron chi connectivity index (χ4n) is 6.22. The molecule has 3 aromatic carbocycles. The number of carbonyl (C=O) groups is 3. The van der Waals surface area contributed by atoms with Gasteiger partial charge in [-0.3, -0.25) is 14.4 Å². The van der Waals surface area contributed by atoms with E-state index in [2.05, 4.69) is 4.72 Å². The number of amides is 3. The van der Waals surface area contributed by atoms with E-state index in [9.17, 15) is 22.8 Å². The van der Waals surface area contributed by atoms with Gasteiger partial charge in [-0.1, -0.05) is 41.9 Å². The molecule has 6 rings (SSSR count). The fraction of sp³-hybridized carbons (Fsp3) is 0.270. The lowest BCUT2D eigenvalue weighted by atomic mass is 10.1. The van der Waals surface area contributed by atoms with Gasteiger partial charge in [0, 0.05) is 72.1 Å². The maximum atomic E-state index is 13.0. The molecule has 3 amide bonds. The largest absolute Gasteiger partial charge is 0.496 e. The van der Waals surface area contributed by atoms with Gasteiger partial charge in [0.15, 0.2) is 0 Å². The smallest absolute Gasteiger partial charge is 0.265 e. The zero-order chi connectivity index (χ0) is 34.5. The van der Waals surface area contributed by atoms with E-state index in [0.29, 0.717) is 12.3 Å². The summed E-state index contributed by atoms with van der Waals surface area (Å²) in [5, 5.41) is 0.925. The molecule has 2 aliphatic heterocycles. The minimum atomic E-state index is -4.21. The summed E-state index contributed by atoms with van der Waals surface area (Å²) >= 11 is 6.06. The third kappa shape index (κ3) is 7.73. The molecular weight excluding hydrogens is 664 g/mol. The van der Waals surface area contributed by atoms with Gasteiger partial charge in [-0.25, -0.2) is 13.1 Å². The van der Waals surface area contributed by atoms with Crippen LogP contribution in [0.25, 0.3) is 23.1 Å². The first-order chi connectivity index (χ1) is 23.6. The van der Waals surface area contributed by atoms with Crippen molar-refractivity contribution in [2.75, 3.05) is 33.3 Å². The number of halogens is 1. The topological polar surface area (TPSA) is 118 Å². The minimum Gasteiger partial charge on any atom is -0.496 e. The Balaban J connectivity index is 1.29. The number of hydrogen-bond acceptors (Lipinski definition) is 6. The number of carbonyl (C=O) groups excluding carboxylic acids is 3. The average molecular weight is 701 g/mol. The molecule has 12 heteroatoms. The third-order valence-electron chi connectivity index (χ3n) is 8.84. The standard InChI is InChI=1S/C37H37ClN4O6S/c1-48-33-23-27(37(45)39-49(46,47)34-9-3-2-8-31(34)38)12-13-29(33)25-42-24-28(14-17-36(44)41-20-6-7-21-41)30-15-10-26(22-32(30)42)11-16-35(43)40-18-4-5-19-40/h2-3,8-17,22-24H,4-7,18-21,25H2,1H3,(H,39,45)/b16-11+,17-14+. The first-order valence-corrected chi connectivity index (χ1v) is 18.0. The molecule has 2 fully saturated rings. The van der Waals surface area contributed by atoms with Crippen molar-refractivity contribution in [3.63, 3.8) is 0 Å². The van der Waals surface area contributed by atoms with Crippen molar-refractivity contribution < 1.29 is 27.5 Å². The summed E-state index contributed by atoms with van der Waals surface area (Å²) in [5.41, 5.74) is 3.40. The van der Waals surface area contributed by atoms with Crippen LogP contribution in [0, 0.1) is 0 Å². The van der Waals surface area contributed by atoms with Crippen LogP contribution in [0.1, 0.15) is 52.7 Å². The number of sulfonamides is 1. The van der Waals surface area contributed by atoms with Gasteiger partial charge < -0.3 is 19.1 Å². The predicted octanol–water partition coefficient (Wildman–Crippen LogP) is 5.74. The number of methoxy groups -OCH3 is 1. The highest BCUT2D eigenvalue weighted by Crippen LogP contribution is 2.29. The number of ether oxygens (including phenoxy) is 1. The lowest BCUT2D eigenvalue weighted by molar-refractivity contribution is -0.125. The molecule has 0 aliphatic carbocycles. The summed E-state index contributed by atoms with van der Waals surface area (Å²) in [6.07, 6.45) is 12.9. The van der Waals surface area contributed by atoms with Crippen LogP contribution in [-0.2, 0) is 26.2 Å². The molecule has 0 spiro atoms. The van der Waals surface area contributed by atoms with E-state index >= 15 is 0 Å². The molecule has 0 bridgehead atoms. The second-order valence-electron chi connectivity index (χ2n) is 12.1. The Morgan fingerprint density at radius 3 is 2.16 bits per heavy atom. The lowest BCUT2D eigenvalue weighted by Crippen LogP contribution is -2.30. The lowest BCUT2D eigenvalue weighted by Gasteiger charge is -2.13. The Labute approximate surface area is 290 Å². The summed E-state index contributed by atoms with van der Waals surface area (Å²) in [5.74, 6) is -0.472. The predicted molar refractivity (Wildman–Crippen MR) is 190 cm³/mol. The first kappa shape index (κ1) is 34.0. The number of nitrogens with one attached hydrogen (secondary N) is 1. The van der Waals surface area contributed by atoms with Crippen molar-refractivity contribution in [2.45, 2.75) is 37.1 Å². The highest BCUT2D eigenvalue weighted by molar-refractivity contribution is 7.90. The Morgan fingerprint density at radius 2 is 1.51 bits per heavy atom. The molecule has 254 valence electrons. The van der Waals surface area contributed by atoms with E-state index in [-0.39, 0.29) is 27.3 Å². The molecule has 1 aromatic heterocycles. The molecule has 49 heavy (non-hydrogen) atoms. The number of hydrogen-bond donors (Lipinski definition) is 1. The summed E-state index contributed by atoms with van der Waals surface area (Å²) in [6, 6.07) is 16.5. The van der Waals surface area contributed by atoms with Crippen molar-refractivity contribution in [3.8, 4) is 5.75 Å². The molecule has 0 saturated carbocycles. The van der Waals surface area contributed by atoms with Gasteiger partial charge in [0.25, 0.3) is 15.9 Å². The molecule has 10 nitrogen and oxygen atoms in total. The zero-order valence-corrected chi connectivity index (χ0v) is 28.7. The number of rotatable bonds is 10. The van der Waals surface area contributed by atoms with E-state index in [0.717, 1.165) is 79.5 Å². The molecule has 0 atom stereocenters. The van der Waals surface area contributed by atoms with Crippen molar-refractivity contribution >= 4 is 62.4 Å². The first-order valence-electron chi connectivity index (χ1n) is 16.2. The summed E-state index contributed by atoms with van der Waals surface area (Å²) in [7, 11) is -2.73. The van der Waals surface area contributed by atoms with Crippen molar-refractivity contribution in [2.24, 2.45) is 0 Å². The van der Waals surface area contributed by atoms with E-state index in [1.54, 1.807) is 24.3 Å². The van der Waals surface area contributed by atoms with Crippen LogP contribution < -0.4 is 9.46 Å². The van der Waals surface area contributed by atoms with Crippen molar-refractivity contribution in [3.05, 3.63) is 106 Å². The quantitative estimate of drug-likeness (QED) is 0.211. The van der Waals surface area contributed by atoms with Crippen LogP contribution in [0.2, 0.25) is 5.02 Å². The van der Waals surface area contributed by atoms with Gasteiger partial charge >= 0.3 is 0 Å². The Hall–Kier alpha value is -4.87. The fourth-order valence-corrected chi connectivity index (χ4v) is 7.71. The Bertz CT molecular complexity index is 2080. The van der Waals surface area contributed by atoms with Crippen LogP contribution in [-0.4, -0.2) is 73.8 Å². The van der Waals surface area contributed by atoms with Crippen LogP contribution in [0.3, 0.4) is 0 Å². The van der Waals surface area contributed by atoms with E-state index in [1.807, 2.05) is 50.9 Å². The molecule has 4 aromatic rings. The number of aromatic nitrogens is 1. The van der Waals surface area contributed by atoms with Gasteiger partial charge in [-0.15, -0.1) is 0 Å². The van der Waals surface area contributed by atoms with Gasteiger partial charge in [-0.05, 0) is 73.7 Å². The SMILES string of the molecule is COc1cc(C(=O)NS(=O)(=O)c2ccccc2Cl)ccc1Cn1cc(/C=C/C(=O)N2CCCC2)c2ccc(/C=C/C(=O)N3CCCC3)cc21. The molecule has 3 heterocycles. The summed E-state index contributed by atoms with van der Waals surface area (Å²) < 4.78 is 35.5. The number of fused-ring (bicyclic) bond motifs is 1. The minimum absolute atomic E-state index is 0.00106. The van der Waals surface area contributed by atoms with Gasteiger partial charge in [0.2, 0.25) is 11.8 Å². The van der Waals surface area contributed by atoms with Crippen LogP contribution in [0.15, 0.2) is 83.9 Å². The van der Waals surface area contributed by atoms with Gasteiger partial charge in [0.1, 0.15) is 10.6 Å².